The van der Waals surface area contributed by atoms with E-state index < -0.39 is 0 Å². The van der Waals surface area contributed by atoms with E-state index in [-0.39, 0.29) is 11.8 Å². The topological polar surface area (TPSA) is 57.2 Å². The summed E-state index contributed by atoms with van der Waals surface area (Å²) in [5.74, 6) is 0.944. The molecule has 0 saturated carbocycles. The Balaban J connectivity index is 0.000000484. The number of nitrogens with one attached hydrogen (secondary N) is 2. The molecule has 2 N–H and O–H groups in total. The van der Waals surface area contributed by atoms with Crippen molar-refractivity contribution in [2.45, 2.75) is 100.0 Å². The van der Waals surface area contributed by atoms with Gasteiger partial charge in [0.25, 0.3) is 0 Å². The van der Waals surface area contributed by atoms with Crippen LogP contribution >= 0.6 is 0 Å². The van der Waals surface area contributed by atoms with Crippen LogP contribution in [0, 0.1) is 19.8 Å². The van der Waals surface area contributed by atoms with Gasteiger partial charge in [0.1, 0.15) is 0 Å². The van der Waals surface area contributed by atoms with Crippen molar-refractivity contribution in [3.8, 4) is 0 Å². The van der Waals surface area contributed by atoms with Gasteiger partial charge in [-0.1, -0.05) is 85.2 Å². The normalized spacial score (nSPS) is 11.8. The number of benzene rings is 1. The van der Waals surface area contributed by atoms with E-state index in [4.69, 9.17) is 0 Å². The van der Waals surface area contributed by atoms with Crippen LogP contribution in [0.2, 0.25) is 0 Å². The minimum Gasteiger partial charge on any atom is -0.365 e. The van der Waals surface area contributed by atoms with Crippen molar-refractivity contribution in [3.05, 3.63) is 71.7 Å². The number of rotatable bonds is 9. The maximum absolute atomic E-state index is 11.4. The summed E-state index contributed by atoms with van der Waals surface area (Å²) in [5.41, 5.74) is 6.16. The number of hydrogen-bond acceptors (Lipinski definition) is 2. The molecule has 2 aromatic rings. The molecule has 190 valence electrons. The summed E-state index contributed by atoms with van der Waals surface area (Å²) in [5, 5.41) is 3.06. The van der Waals surface area contributed by atoms with E-state index in [0.717, 1.165) is 29.8 Å². The fraction of sp³-hybridized carbons (Fsp3) is 0.533. The van der Waals surface area contributed by atoms with Gasteiger partial charge in [0.05, 0.1) is 0 Å². The summed E-state index contributed by atoms with van der Waals surface area (Å²) >= 11 is 0. The molecule has 1 unspecified atom stereocenters. The molecular weight excluding hydrogens is 418 g/mol. The van der Waals surface area contributed by atoms with E-state index in [9.17, 15) is 4.79 Å². The van der Waals surface area contributed by atoms with Crippen LogP contribution in [0.3, 0.4) is 0 Å². The lowest BCUT2D eigenvalue weighted by molar-refractivity contribution is -0.124. The van der Waals surface area contributed by atoms with E-state index >= 15 is 0 Å². The first-order valence-corrected chi connectivity index (χ1v) is 12.7. The van der Waals surface area contributed by atoms with Crippen LogP contribution < -0.4 is 5.32 Å². The molecule has 4 nitrogen and oxygen atoms in total. The van der Waals surface area contributed by atoms with E-state index in [1.54, 1.807) is 6.20 Å². The van der Waals surface area contributed by atoms with Crippen LogP contribution in [0.1, 0.15) is 102 Å². The number of unbranched alkanes of at least 4 members (excludes halogenated alkanes) is 1. The molecule has 1 aromatic heterocycles. The first-order chi connectivity index (χ1) is 16.1. The molecule has 1 atom stereocenters. The zero-order valence-corrected chi connectivity index (χ0v) is 23.2. The van der Waals surface area contributed by atoms with Gasteiger partial charge in [0.15, 0.2) is 0 Å². The van der Waals surface area contributed by atoms with Crippen LogP contribution in [0.25, 0.3) is 0 Å². The molecule has 0 spiro atoms. The highest BCUT2D eigenvalue weighted by Gasteiger charge is 2.12. The lowest BCUT2D eigenvalue weighted by atomic mass is 9.99. The van der Waals surface area contributed by atoms with E-state index in [0.29, 0.717) is 12.0 Å². The number of H-pyrrole nitrogens is 1. The largest absolute Gasteiger partial charge is 0.365 e. The van der Waals surface area contributed by atoms with Crippen LogP contribution in [0.4, 0.5) is 0 Å². The van der Waals surface area contributed by atoms with Gasteiger partial charge < -0.3 is 10.3 Å². The second-order valence-electron chi connectivity index (χ2n) is 9.34. The number of amides is 1. The maximum atomic E-state index is 11.4. The smallest absolute Gasteiger partial charge is 0.222 e. The zero-order chi connectivity index (χ0) is 26.1. The number of carbonyl (C=O) groups excluding carboxylic acids is 1. The molecule has 1 aromatic carbocycles. The quantitative estimate of drug-likeness (QED) is 0.359. The Labute approximate surface area is 209 Å². The standard InChI is InChI=1S/C11H23NO.C10H14.C9H12N2/c1-5-7-8-10(6-2)12-11(13)9(3)4;1-8(2)10-7-5-4-6-9(10)3;1-4-10-7(2)9-5-6-11-8(9)3/h9-10H,5-8H2,1-4H3,(H,12,13);4-8H,1-3H3;4-6,11H,1H2,2-3H3. The van der Waals surface area contributed by atoms with Crippen LogP contribution in [-0.2, 0) is 4.79 Å². The number of aliphatic imine (C=N–C) groups is 1. The molecule has 2 rings (SSSR count). The van der Waals surface area contributed by atoms with Gasteiger partial charge in [-0.2, -0.15) is 0 Å². The fourth-order valence-electron chi connectivity index (χ4n) is 3.48. The highest BCUT2D eigenvalue weighted by atomic mass is 16.1. The zero-order valence-electron chi connectivity index (χ0n) is 23.2. The average Bonchev–Trinajstić information content (AvgIpc) is 3.23. The van der Waals surface area contributed by atoms with Gasteiger partial charge in [-0.15, -0.1) is 0 Å². The first-order valence-electron chi connectivity index (χ1n) is 12.7. The van der Waals surface area contributed by atoms with E-state index in [2.05, 4.69) is 80.8 Å². The third kappa shape index (κ3) is 12.6. The minimum atomic E-state index is 0.107. The number of aromatic nitrogens is 1. The van der Waals surface area contributed by atoms with Gasteiger partial charge in [-0.25, -0.2) is 0 Å². The van der Waals surface area contributed by atoms with Crippen molar-refractivity contribution in [2.75, 3.05) is 0 Å². The Hall–Kier alpha value is -2.62. The highest BCUT2D eigenvalue weighted by molar-refractivity contribution is 6.00. The number of aryl methyl sites for hydroxylation is 2. The van der Waals surface area contributed by atoms with Crippen molar-refractivity contribution in [1.29, 1.82) is 0 Å². The molecule has 34 heavy (non-hydrogen) atoms. The van der Waals surface area contributed by atoms with Crippen molar-refractivity contribution in [1.82, 2.24) is 10.3 Å². The average molecular weight is 468 g/mol. The van der Waals surface area contributed by atoms with E-state index in [1.165, 1.54) is 24.0 Å². The third-order valence-corrected chi connectivity index (χ3v) is 5.71. The summed E-state index contributed by atoms with van der Waals surface area (Å²) in [4.78, 5) is 18.5. The second-order valence-corrected chi connectivity index (χ2v) is 9.34. The summed E-state index contributed by atoms with van der Waals surface area (Å²) in [6.07, 6.45) is 8.03. The van der Waals surface area contributed by atoms with Crippen molar-refractivity contribution in [3.63, 3.8) is 0 Å². The Morgan fingerprint density at radius 1 is 1.12 bits per heavy atom. The Morgan fingerprint density at radius 2 is 1.76 bits per heavy atom. The van der Waals surface area contributed by atoms with Gasteiger partial charge in [-0.05, 0) is 56.7 Å². The van der Waals surface area contributed by atoms with Gasteiger partial charge in [-0.3, -0.25) is 9.79 Å². The number of aromatic amines is 1. The van der Waals surface area contributed by atoms with Crippen LogP contribution in [0.15, 0.2) is 54.3 Å². The molecule has 1 heterocycles. The molecule has 0 fully saturated rings. The molecule has 1 amide bonds. The third-order valence-electron chi connectivity index (χ3n) is 5.71. The van der Waals surface area contributed by atoms with Crippen molar-refractivity contribution < 1.29 is 4.79 Å². The molecule has 0 aliphatic rings. The molecule has 4 heteroatoms. The van der Waals surface area contributed by atoms with E-state index in [1.807, 2.05) is 40.0 Å². The summed E-state index contributed by atoms with van der Waals surface area (Å²) in [6.45, 7) is 22.3. The molecule has 0 radical (unpaired) electrons. The Bertz CT molecular complexity index is 861. The minimum absolute atomic E-state index is 0.107. The predicted octanol–water partition coefficient (Wildman–Crippen LogP) is 8.12. The van der Waals surface area contributed by atoms with Crippen molar-refractivity contribution >= 4 is 11.6 Å². The molecule has 0 saturated heterocycles. The summed E-state index contributed by atoms with van der Waals surface area (Å²) in [6, 6.07) is 10.9. The lowest BCUT2D eigenvalue weighted by Crippen LogP contribution is -2.36. The SMILES string of the molecule is C=CN=C(C)c1cc[nH]c1C.CCCCC(CC)NC(=O)C(C)C.Cc1ccccc1C(C)C. The highest BCUT2D eigenvalue weighted by Crippen LogP contribution is 2.17. The summed E-state index contributed by atoms with van der Waals surface area (Å²) < 4.78 is 0. The second kappa shape index (κ2) is 17.8. The molecule has 0 aliphatic carbocycles. The predicted molar refractivity (Wildman–Crippen MR) is 150 cm³/mol. The number of carbonyl (C=O) groups is 1. The first kappa shape index (κ1) is 31.4. The summed E-state index contributed by atoms with van der Waals surface area (Å²) in [7, 11) is 0. The maximum Gasteiger partial charge on any atom is 0.222 e. The fourth-order valence-corrected chi connectivity index (χ4v) is 3.48. The van der Waals surface area contributed by atoms with Gasteiger partial charge in [0, 0.05) is 41.3 Å². The number of hydrogen-bond donors (Lipinski definition) is 2. The van der Waals surface area contributed by atoms with Crippen molar-refractivity contribution in [2.24, 2.45) is 10.9 Å². The van der Waals surface area contributed by atoms with Crippen LogP contribution in [-0.4, -0.2) is 22.6 Å². The van der Waals surface area contributed by atoms with Gasteiger partial charge >= 0.3 is 0 Å². The Kier molecular flexibility index (Phi) is 16.4. The molecule has 0 aliphatic heterocycles. The molecular formula is C30H49N3O. The number of nitrogens with zero attached hydrogens (tertiary/aromatic N) is 1. The van der Waals surface area contributed by atoms with Gasteiger partial charge in [0.2, 0.25) is 5.91 Å². The Morgan fingerprint density at radius 3 is 2.18 bits per heavy atom. The van der Waals surface area contributed by atoms with Crippen LogP contribution in [0.5, 0.6) is 0 Å². The molecule has 0 bridgehead atoms. The lowest BCUT2D eigenvalue weighted by Gasteiger charge is -2.17. The monoisotopic (exact) mass is 467 g/mol.